The van der Waals surface area contributed by atoms with Crippen molar-refractivity contribution in [3.8, 4) is 0 Å². The first-order chi connectivity index (χ1) is 11.9. The number of pyridine rings is 1. The fourth-order valence-electron chi connectivity index (χ4n) is 2.78. The van der Waals surface area contributed by atoms with E-state index < -0.39 is 0 Å². The first kappa shape index (κ1) is 16.8. The molecule has 0 radical (unpaired) electrons. The topological polar surface area (TPSA) is 56.1 Å². The molecule has 0 aliphatic rings. The van der Waals surface area contributed by atoms with Gasteiger partial charge in [0.2, 0.25) is 0 Å². The van der Waals surface area contributed by atoms with E-state index in [1.807, 2.05) is 0 Å². The highest BCUT2D eigenvalue weighted by Crippen LogP contribution is 2.17. The van der Waals surface area contributed by atoms with Gasteiger partial charge in [-0.2, -0.15) is 0 Å². The molecule has 0 saturated heterocycles. The van der Waals surface area contributed by atoms with E-state index in [0.29, 0.717) is 23.0 Å². The normalized spacial score (nSPS) is 10.8. The van der Waals surface area contributed by atoms with Gasteiger partial charge in [-0.1, -0.05) is 12.1 Å². The molecule has 4 nitrogen and oxygen atoms in total. The van der Waals surface area contributed by atoms with Crippen LogP contribution in [0.15, 0.2) is 53.5 Å². The van der Waals surface area contributed by atoms with Crippen molar-refractivity contribution in [2.45, 2.75) is 20.4 Å². The maximum absolute atomic E-state index is 13.1. The lowest BCUT2D eigenvalue weighted by molar-refractivity contribution is 0.100. The zero-order valence-electron chi connectivity index (χ0n) is 13.9. The van der Waals surface area contributed by atoms with Crippen LogP contribution >= 0.6 is 0 Å². The molecular weight excluding hydrogens is 321 g/mol. The van der Waals surface area contributed by atoms with E-state index in [2.05, 4.69) is 0 Å². The number of rotatable bonds is 4. The van der Waals surface area contributed by atoms with E-state index in [9.17, 15) is 18.8 Å². The van der Waals surface area contributed by atoms with E-state index >= 15 is 0 Å². The number of hydrogen-bond donors (Lipinski definition) is 0. The minimum atomic E-state index is -0.388. The maximum Gasteiger partial charge on any atom is 0.200 e. The van der Waals surface area contributed by atoms with E-state index in [1.165, 1.54) is 38.2 Å². The molecule has 0 amide bonds. The monoisotopic (exact) mass is 337 g/mol. The summed E-state index contributed by atoms with van der Waals surface area (Å²) in [5.74, 6) is -0.823. The summed E-state index contributed by atoms with van der Waals surface area (Å²) in [6.07, 6.45) is 1.52. The predicted molar refractivity (Wildman–Crippen MR) is 93.7 cm³/mol. The fraction of sp³-hybridized carbons (Fsp3) is 0.150. The third-order valence-corrected chi connectivity index (χ3v) is 4.13. The second-order valence-electron chi connectivity index (χ2n) is 5.97. The molecule has 3 rings (SSSR count). The lowest BCUT2D eigenvalue weighted by Gasteiger charge is -2.13. The maximum atomic E-state index is 13.1. The van der Waals surface area contributed by atoms with Gasteiger partial charge in [-0.15, -0.1) is 0 Å². The van der Waals surface area contributed by atoms with Crippen molar-refractivity contribution in [3.05, 3.63) is 81.4 Å². The molecule has 0 aliphatic carbocycles. The molecule has 0 atom stereocenters. The summed E-state index contributed by atoms with van der Waals surface area (Å²) in [4.78, 5) is 36.1. The first-order valence-corrected chi connectivity index (χ1v) is 7.80. The molecule has 0 saturated carbocycles. The Morgan fingerprint density at radius 1 is 1.00 bits per heavy atom. The molecule has 0 bridgehead atoms. The first-order valence-electron chi connectivity index (χ1n) is 7.80. The van der Waals surface area contributed by atoms with E-state index in [4.69, 9.17) is 0 Å². The van der Waals surface area contributed by atoms with Crippen molar-refractivity contribution in [3.63, 3.8) is 0 Å². The van der Waals surface area contributed by atoms with Gasteiger partial charge in [0.05, 0.1) is 11.1 Å². The smallest absolute Gasteiger partial charge is 0.200 e. The lowest BCUT2D eigenvalue weighted by Crippen LogP contribution is -2.18. The molecule has 2 aromatic carbocycles. The van der Waals surface area contributed by atoms with Crippen molar-refractivity contribution in [2.75, 3.05) is 0 Å². The Bertz CT molecular complexity index is 1050. The van der Waals surface area contributed by atoms with E-state index in [1.54, 1.807) is 28.8 Å². The van der Waals surface area contributed by atoms with Gasteiger partial charge in [-0.25, -0.2) is 4.39 Å². The van der Waals surface area contributed by atoms with Crippen LogP contribution in [-0.2, 0) is 6.54 Å². The second kappa shape index (κ2) is 6.43. The molecule has 0 fully saturated rings. The fourth-order valence-corrected chi connectivity index (χ4v) is 2.78. The van der Waals surface area contributed by atoms with Crippen LogP contribution < -0.4 is 5.43 Å². The molecule has 1 aromatic heterocycles. The number of halogens is 1. The Kier molecular flexibility index (Phi) is 4.31. The van der Waals surface area contributed by atoms with Gasteiger partial charge >= 0.3 is 0 Å². The minimum Gasteiger partial charge on any atom is -0.342 e. The molecule has 3 aromatic rings. The molecule has 0 aliphatic heterocycles. The Morgan fingerprint density at radius 3 is 2.28 bits per heavy atom. The standard InChI is InChI=1S/C20H16FNO3/c1-12(23)15-5-8-19-17(9-15)20(25)18(13(2)24)11-22(19)10-14-3-6-16(21)7-4-14/h3-9,11H,10H2,1-2H3. The number of carbonyl (C=O) groups is 2. The van der Waals surface area contributed by atoms with E-state index in [0.717, 1.165) is 5.56 Å². The van der Waals surface area contributed by atoms with Gasteiger partial charge in [-0.3, -0.25) is 14.4 Å². The van der Waals surface area contributed by atoms with Crippen LogP contribution in [0.4, 0.5) is 4.39 Å². The third kappa shape index (κ3) is 3.26. The molecule has 1 heterocycles. The Balaban J connectivity index is 2.24. The number of ketones is 2. The number of Topliss-reactive ketones (excluding diaryl/α,β-unsaturated/α-hetero) is 2. The number of carbonyl (C=O) groups excluding carboxylic acids is 2. The third-order valence-electron chi connectivity index (χ3n) is 4.13. The number of nitrogens with zero attached hydrogens (tertiary/aromatic N) is 1. The number of benzene rings is 2. The Hall–Kier alpha value is -3.08. The number of fused-ring (bicyclic) bond motifs is 1. The average molecular weight is 337 g/mol. The zero-order valence-corrected chi connectivity index (χ0v) is 13.9. The number of hydrogen-bond acceptors (Lipinski definition) is 3. The summed E-state index contributed by atoms with van der Waals surface area (Å²) >= 11 is 0. The largest absolute Gasteiger partial charge is 0.342 e. The summed E-state index contributed by atoms with van der Waals surface area (Å²) in [5, 5.41) is 0.322. The van der Waals surface area contributed by atoms with Crippen molar-refractivity contribution in [1.82, 2.24) is 4.57 Å². The van der Waals surface area contributed by atoms with E-state index in [-0.39, 0.29) is 28.4 Å². The summed E-state index contributed by atoms with van der Waals surface area (Å²) in [5.41, 5.74) is 1.54. The van der Waals surface area contributed by atoms with Gasteiger partial charge in [0.25, 0.3) is 0 Å². The van der Waals surface area contributed by atoms with Crippen LogP contribution in [0, 0.1) is 5.82 Å². The molecule has 0 unspecified atom stereocenters. The van der Waals surface area contributed by atoms with Gasteiger partial charge in [-0.05, 0) is 49.7 Å². The highest BCUT2D eigenvalue weighted by atomic mass is 19.1. The van der Waals surface area contributed by atoms with Crippen LogP contribution in [0.2, 0.25) is 0 Å². The number of aromatic nitrogens is 1. The lowest BCUT2D eigenvalue weighted by atomic mass is 10.0. The molecule has 25 heavy (non-hydrogen) atoms. The van der Waals surface area contributed by atoms with Crippen molar-refractivity contribution in [1.29, 1.82) is 0 Å². The van der Waals surface area contributed by atoms with Gasteiger partial charge < -0.3 is 4.57 Å². The highest BCUT2D eigenvalue weighted by molar-refractivity contribution is 6.00. The van der Waals surface area contributed by atoms with Crippen LogP contribution in [-0.4, -0.2) is 16.1 Å². The van der Waals surface area contributed by atoms with Crippen LogP contribution in [0.3, 0.4) is 0 Å². The van der Waals surface area contributed by atoms with Crippen molar-refractivity contribution in [2.24, 2.45) is 0 Å². The van der Waals surface area contributed by atoms with Gasteiger partial charge in [0, 0.05) is 23.7 Å². The molecule has 5 heteroatoms. The van der Waals surface area contributed by atoms with Crippen LogP contribution in [0.1, 0.15) is 40.1 Å². The molecule has 0 spiro atoms. The molecular formula is C20H16FNO3. The van der Waals surface area contributed by atoms with Gasteiger partial charge in [0.15, 0.2) is 17.0 Å². The summed E-state index contributed by atoms with van der Waals surface area (Å²) in [6, 6.07) is 10.9. The predicted octanol–water partition coefficient (Wildman–Crippen LogP) is 3.59. The summed E-state index contributed by atoms with van der Waals surface area (Å²) < 4.78 is 14.9. The minimum absolute atomic E-state index is 0.0651. The molecule has 126 valence electrons. The van der Waals surface area contributed by atoms with Gasteiger partial charge in [0.1, 0.15) is 5.82 Å². The Morgan fingerprint density at radius 2 is 1.68 bits per heavy atom. The average Bonchev–Trinajstić information content (AvgIpc) is 2.58. The zero-order chi connectivity index (χ0) is 18.1. The summed E-state index contributed by atoms with van der Waals surface area (Å²) in [7, 11) is 0. The molecule has 0 N–H and O–H groups in total. The quantitative estimate of drug-likeness (QED) is 0.684. The van der Waals surface area contributed by atoms with Crippen LogP contribution in [0.5, 0.6) is 0 Å². The second-order valence-corrected chi connectivity index (χ2v) is 5.97. The SMILES string of the molecule is CC(=O)c1ccc2c(c1)c(=O)c(C(C)=O)cn2Cc1ccc(F)cc1. The van der Waals surface area contributed by atoms with Crippen LogP contribution in [0.25, 0.3) is 10.9 Å². The highest BCUT2D eigenvalue weighted by Gasteiger charge is 2.14. The Labute approximate surface area is 143 Å². The van der Waals surface area contributed by atoms with Crippen molar-refractivity contribution >= 4 is 22.5 Å². The van der Waals surface area contributed by atoms with Crippen molar-refractivity contribution < 1.29 is 14.0 Å². The summed E-state index contributed by atoms with van der Waals surface area (Å²) in [6.45, 7) is 3.13.